The molecule has 0 saturated carbocycles. The Hall–Kier alpha value is -1.23. The van der Waals surface area contributed by atoms with Crippen molar-refractivity contribution in [3.63, 3.8) is 0 Å². The van der Waals surface area contributed by atoms with Crippen molar-refractivity contribution >= 4 is 11.5 Å². The number of aromatic nitrogens is 2. The number of aryl methyl sites for hydroxylation is 2. The Balaban J connectivity index is 1.94. The van der Waals surface area contributed by atoms with Gasteiger partial charge in [0.2, 0.25) is 0 Å². The van der Waals surface area contributed by atoms with Gasteiger partial charge in [-0.15, -0.1) is 0 Å². The molecule has 0 bridgehead atoms. The van der Waals surface area contributed by atoms with E-state index in [1.165, 1.54) is 38.9 Å². The van der Waals surface area contributed by atoms with Crippen LogP contribution in [-0.2, 0) is 13.5 Å². The summed E-state index contributed by atoms with van der Waals surface area (Å²) < 4.78 is 1.90. The molecule has 2 rings (SSSR count). The third-order valence-corrected chi connectivity index (χ3v) is 4.12. The molecule has 1 aliphatic heterocycles. The fraction of sp³-hybridized carbons (Fsp3) is 0.800. The summed E-state index contributed by atoms with van der Waals surface area (Å²) in [6, 6.07) is 0.523. The highest BCUT2D eigenvalue weighted by Crippen LogP contribution is 2.25. The second kappa shape index (κ2) is 6.97. The lowest BCUT2D eigenvalue weighted by molar-refractivity contribution is 0.219. The van der Waals surface area contributed by atoms with Crippen LogP contribution in [0.2, 0.25) is 0 Å². The van der Waals surface area contributed by atoms with Crippen LogP contribution < -0.4 is 11.1 Å². The Labute approximate surface area is 122 Å². The lowest BCUT2D eigenvalue weighted by Gasteiger charge is -2.32. The van der Waals surface area contributed by atoms with Crippen LogP contribution >= 0.6 is 0 Å². The second-order valence-corrected chi connectivity index (χ2v) is 5.84. The summed E-state index contributed by atoms with van der Waals surface area (Å²) in [5.41, 5.74) is 8.09. The van der Waals surface area contributed by atoms with E-state index < -0.39 is 0 Å². The van der Waals surface area contributed by atoms with E-state index in [1.807, 2.05) is 11.7 Å². The monoisotopic (exact) mass is 279 g/mol. The average molecular weight is 279 g/mol. The van der Waals surface area contributed by atoms with Gasteiger partial charge in [0, 0.05) is 26.2 Å². The summed E-state index contributed by atoms with van der Waals surface area (Å²) in [6.07, 6.45) is 5.65. The number of nitrogens with zero attached hydrogens (tertiary/aromatic N) is 3. The molecular formula is C15H29N5. The summed E-state index contributed by atoms with van der Waals surface area (Å²) in [7, 11) is 1.98. The molecule has 0 radical (unpaired) electrons. The van der Waals surface area contributed by atoms with Crippen LogP contribution in [0.1, 0.15) is 45.2 Å². The summed E-state index contributed by atoms with van der Waals surface area (Å²) in [4.78, 5) is 2.55. The van der Waals surface area contributed by atoms with E-state index in [4.69, 9.17) is 5.73 Å². The zero-order valence-corrected chi connectivity index (χ0v) is 13.2. The first kappa shape index (κ1) is 15.2. The minimum atomic E-state index is 0.523. The zero-order valence-electron chi connectivity index (χ0n) is 13.2. The maximum atomic E-state index is 6.23. The van der Waals surface area contributed by atoms with Crippen molar-refractivity contribution in [3.05, 3.63) is 5.69 Å². The highest BCUT2D eigenvalue weighted by Gasteiger charge is 2.21. The fourth-order valence-electron chi connectivity index (χ4n) is 3.00. The molecule has 0 unspecified atom stereocenters. The summed E-state index contributed by atoms with van der Waals surface area (Å²) in [6.45, 7) is 8.00. The molecule has 0 aromatic carbocycles. The average Bonchev–Trinajstić information content (AvgIpc) is 2.69. The molecule has 3 N–H and O–H groups in total. The Morgan fingerprint density at radius 2 is 1.95 bits per heavy atom. The van der Waals surface area contributed by atoms with Crippen LogP contribution in [0.5, 0.6) is 0 Å². The number of nitrogen functional groups attached to an aromatic ring is 1. The van der Waals surface area contributed by atoms with Crippen molar-refractivity contribution in [1.29, 1.82) is 0 Å². The Kier molecular flexibility index (Phi) is 5.29. The van der Waals surface area contributed by atoms with Gasteiger partial charge < -0.3 is 16.0 Å². The molecule has 1 fully saturated rings. The lowest BCUT2D eigenvalue weighted by Crippen LogP contribution is -2.39. The van der Waals surface area contributed by atoms with Gasteiger partial charge in [-0.1, -0.05) is 20.3 Å². The number of hydrogen-bond acceptors (Lipinski definition) is 4. The number of nitrogens with one attached hydrogen (secondary N) is 1. The summed E-state index contributed by atoms with van der Waals surface area (Å²) >= 11 is 0. The van der Waals surface area contributed by atoms with Gasteiger partial charge in [-0.05, 0) is 32.2 Å². The SMILES string of the molecule is CCCc1nn(C)c(NC2CCN(CCC)CC2)c1N. The largest absolute Gasteiger partial charge is 0.394 e. The third-order valence-electron chi connectivity index (χ3n) is 4.12. The molecule has 0 aliphatic carbocycles. The number of rotatable bonds is 6. The van der Waals surface area contributed by atoms with Crippen LogP contribution in [0.15, 0.2) is 0 Å². The van der Waals surface area contributed by atoms with E-state index in [0.717, 1.165) is 30.0 Å². The van der Waals surface area contributed by atoms with Gasteiger partial charge in [-0.2, -0.15) is 5.10 Å². The van der Waals surface area contributed by atoms with Gasteiger partial charge in [0.25, 0.3) is 0 Å². The van der Waals surface area contributed by atoms with E-state index in [-0.39, 0.29) is 0 Å². The second-order valence-electron chi connectivity index (χ2n) is 5.84. The number of hydrogen-bond donors (Lipinski definition) is 2. The highest BCUT2D eigenvalue weighted by atomic mass is 15.3. The molecule has 5 nitrogen and oxygen atoms in total. The van der Waals surface area contributed by atoms with Crippen LogP contribution in [0.3, 0.4) is 0 Å². The number of anilines is 2. The first-order valence-corrected chi connectivity index (χ1v) is 7.95. The van der Waals surface area contributed by atoms with Gasteiger partial charge in [0.05, 0.1) is 11.4 Å². The molecule has 1 saturated heterocycles. The zero-order chi connectivity index (χ0) is 14.5. The summed E-state index contributed by atoms with van der Waals surface area (Å²) in [5, 5.41) is 8.14. The van der Waals surface area contributed by atoms with Gasteiger partial charge in [-0.25, -0.2) is 0 Å². The van der Waals surface area contributed by atoms with E-state index in [2.05, 4.69) is 29.2 Å². The fourth-order valence-corrected chi connectivity index (χ4v) is 3.00. The van der Waals surface area contributed by atoms with E-state index in [9.17, 15) is 0 Å². The molecule has 114 valence electrons. The van der Waals surface area contributed by atoms with Gasteiger partial charge in [0.15, 0.2) is 0 Å². The van der Waals surface area contributed by atoms with Crippen molar-refractivity contribution in [2.24, 2.45) is 7.05 Å². The van der Waals surface area contributed by atoms with Crippen LogP contribution in [-0.4, -0.2) is 40.4 Å². The molecule has 1 aromatic rings. The molecule has 20 heavy (non-hydrogen) atoms. The first-order chi connectivity index (χ1) is 9.65. The van der Waals surface area contributed by atoms with Crippen molar-refractivity contribution in [3.8, 4) is 0 Å². The van der Waals surface area contributed by atoms with E-state index >= 15 is 0 Å². The van der Waals surface area contributed by atoms with Crippen molar-refractivity contribution in [1.82, 2.24) is 14.7 Å². The van der Waals surface area contributed by atoms with Crippen molar-refractivity contribution in [2.45, 2.75) is 52.0 Å². The third kappa shape index (κ3) is 3.45. The predicted octanol–water partition coefficient (Wildman–Crippen LogP) is 2.24. The quantitative estimate of drug-likeness (QED) is 0.838. The standard InChI is InChI=1S/C15H29N5/c1-4-6-13-14(16)15(19(3)18-13)17-12-7-10-20(9-5-2)11-8-12/h12,17H,4-11,16H2,1-3H3. The molecule has 0 amide bonds. The minimum absolute atomic E-state index is 0.523. The van der Waals surface area contributed by atoms with E-state index in [0.29, 0.717) is 6.04 Å². The maximum Gasteiger partial charge on any atom is 0.147 e. The molecule has 5 heteroatoms. The Morgan fingerprint density at radius 3 is 2.55 bits per heavy atom. The van der Waals surface area contributed by atoms with E-state index in [1.54, 1.807) is 0 Å². The van der Waals surface area contributed by atoms with Crippen LogP contribution in [0.25, 0.3) is 0 Å². The lowest BCUT2D eigenvalue weighted by atomic mass is 10.0. The highest BCUT2D eigenvalue weighted by molar-refractivity contribution is 5.65. The number of nitrogens with two attached hydrogens (primary N) is 1. The molecule has 0 atom stereocenters. The van der Waals surface area contributed by atoms with Gasteiger partial charge in [0.1, 0.15) is 5.82 Å². The first-order valence-electron chi connectivity index (χ1n) is 7.95. The normalized spacial score (nSPS) is 17.6. The van der Waals surface area contributed by atoms with Crippen LogP contribution in [0, 0.1) is 0 Å². The smallest absolute Gasteiger partial charge is 0.147 e. The van der Waals surface area contributed by atoms with Crippen LogP contribution in [0.4, 0.5) is 11.5 Å². The minimum Gasteiger partial charge on any atom is -0.394 e. The topological polar surface area (TPSA) is 59.1 Å². The summed E-state index contributed by atoms with van der Waals surface area (Å²) in [5.74, 6) is 1.00. The molecule has 0 spiro atoms. The Bertz CT molecular complexity index is 418. The number of piperidine rings is 1. The van der Waals surface area contributed by atoms with Crippen molar-refractivity contribution < 1.29 is 0 Å². The van der Waals surface area contributed by atoms with Crippen molar-refractivity contribution in [2.75, 3.05) is 30.7 Å². The Morgan fingerprint density at radius 1 is 1.25 bits per heavy atom. The van der Waals surface area contributed by atoms with Gasteiger partial charge >= 0.3 is 0 Å². The molecule has 1 aliphatic rings. The van der Waals surface area contributed by atoms with Gasteiger partial charge in [-0.3, -0.25) is 4.68 Å². The molecular weight excluding hydrogens is 250 g/mol. The molecule has 2 heterocycles. The predicted molar refractivity (Wildman–Crippen MR) is 85.0 cm³/mol. The maximum absolute atomic E-state index is 6.23. The number of likely N-dealkylation sites (tertiary alicyclic amines) is 1. The molecule has 1 aromatic heterocycles.